The highest BCUT2D eigenvalue weighted by Gasteiger charge is 2.14. The predicted octanol–water partition coefficient (Wildman–Crippen LogP) is 4.58. The third kappa shape index (κ3) is 5.97. The summed E-state index contributed by atoms with van der Waals surface area (Å²) in [6, 6.07) is 12.3. The van der Waals surface area contributed by atoms with Gasteiger partial charge in [0, 0.05) is 28.4 Å². The Labute approximate surface area is 180 Å². The smallest absolute Gasteiger partial charge is 0.259 e. The largest absolute Gasteiger partial charge is 0.488 e. The van der Waals surface area contributed by atoms with Gasteiger partial charge in [-0.1, -0.05) is 41.4 Å². The second kappa shape index (κ2) is 9.78. The summed E-state index contributed by atoms with van der Waals surface area (Å²) in [5, 5.41) is 8.21. The lowest BCUT2D eigenvalue weighted by atomic mass is 10.2. The van der Waals surface area contributed by atoms with Crippen LogP contribution in [0.2, 0.25) is 10.0 Å². The van der Waals surface area contributed by atoms with E-state index in [1.54, 1.807) is 53.5 Å². The van der Waals surface area contributed by atoms with Gasteiger partial charge in [-0.25, -0.2) is 0 Å². The molecule has 0 aliphatic heterocycles. The summed E-state index contributed by atoms with van der Waals surface area (Å²) in [5.74, 6) is 0.200. The standard InChI is InChI=1S/C21H22Cl2N4O2/c1-26(2)9-10-27-13-17(12-24-27)25-21(28)18-5-3-4-6-20(18)29-14-15-7-8-16(22)11-19(15)23/h3-8,11-13H,9-10,14H2,1-2H3,(H,25,28). The fourth-order valence-corrected chi connectivity index (χ4v) is 3.09. The summed E-state index contributed by atoms with van der Waals surface area (Å²) >= 11 is 12.1. The molecule has 3 aromatic rings. The van der Waals surface area contributed by atoms with Gasteiger partial charge in [0.25, 0.3) is 5.91 Å². The van der Waals surface area contributed by atoms with E-state index >= 15 is 0 Å². The van der Waals surface area contributed by atoms with E-state index < -0.39 is 0 Å². The minimum atomic E-state index is -0.269. The molecule has 0 unspecified atom stereocenters. The molecular formula is C21H22Cl2N4O2. The van der Waals surface area contributed by atoms with Crippen molar-refractivity contribution in [2.45, 2.75) is 13.2 Å². The first-order chi connectivity index (χ1) is 13.9. The number of nitrogens with one attached hydrogen (secondary N) is 1. The number of carbonyl (C=O) groups is 1. The minimum Gasteiger partial charge on any atom is -0.488 e. The van der Waals surface area contributed by atoms with Gasteiger partial charge in [0.2, 0.25) is 0 Å². The Morgan fingerprint density at radius 1 is 1.21 bits per heavy atom. The fraction of sp³-hybridized carbons (Fsp3) is 0.238. The van der Waals surface area contributed by atoms with Crippen LogP contribution in [0.3, 0.4) is 0 Å². The van der Waals surface area contributed by atoms with Crippen molar-refractivity contribution in [3.05, 3.63) is 76.0 Å². The normalized spacial score (nSPS) is 10.9. The molecule has 0 fully saturated rings. The van der Waals surface area contributed by atoms with Crippen molar-refractivity contribution in [2.24, 2.45) is 0 Å². The Hall–Kier alpha value is -2.54. The number of carbonyl (C=O) groups excluding carboxylic acids is 1. The topological polar surface area (TPSA) is 59.4 Å². The van der Waals surface area contributed by atoms with E-state index in [1.165, 1.54) is 0 Å². The maximum Gasteiger partial charge on any atom is 0.259 e. The molecule has 0 atom stereocenters. The van der Waals surface area contributed by atoms with Gasteiger partial charge in [0.05, 0.1) is 24.0 Å². The van der Waals surface area contributed by atoms with Crippen molar-refractivity contribution in [1.82, 2.24) is 14.7 Å². The van der Waals surface area contributed by atoms with Crippen molar-refractivity contribution in [2.75, 3.05) is 26.0 Å². The van der Waals surface area contributed by atoms with Crippen molar-refractivity contribution < 1.29 is 9.53 Å². The first kappa shape index (κ1) is 21.2. The molecule has 0 aliphatic rings. The molecule has 0 spiro atoms. The van der Waals surface area contributed by atoms with E-state index in [4.69, 9.17) is 27.9 Å². The zero-order valence-corrected chi connectivity index (χ0v) is 17.7. The molecular weight excluding hydrogens is 411 g/mol. The predicted molar refractivity (Wildman–Crippen MR) is 116 cm³/mol. The van der Waals surface area contributed by atoms with E-state index in [0.29, 0.717) is 27.0 Å². The molecule has 0 saturated carbocycles. The number of anilines is 1. The Morgan fingerprint density at radius 3 is 2.76 bits per heavy atom. The monoisotopic (exact) mass is 432 g/mol. The lowest BCUT2D eigenvalue weighted by Gasteiger charge is -2.12. The molecule has 0 saturated heterocycles. The van der Waals surface area contributed by atoms with Crippen LogP contribution in [0.25, 0.3) is 0 Å². The van der Waals surface area contributed by atoms with Gasteiger partial charge >= 0.3 is 0 Å². The molecule has 0 bridgehead atoms. The van der Waals surface area contributed by atoms with Crippen molar-refractivity contribution in [1.29, 1.82) is 0 Å². The van der Waals surface area contributed by atoms with Gasteiger partial charge in [0.15, 0.2) is 0 Å². The summed E-state index contributed by atoms with van der Waals surface area (Å²) in [5.41, 5.74) is 1.84. The number of amides is 1. The third-order valence-corrected chi connectivity index (χ3v) is 4.78. The van der Waals surface area contributed by atoms with Crippen LogP contribution in [0, 0.1) is 0 Å². The molecule has 1 heterocycles. The number of aromatic nitrogens is 2. The van der Waals surface area contributed by atoms with Crippen LogP contribution in [0.4, 0.5) is 5.69 Å². The number of halogens is 2. The van der Waals surface area contributed by atoms with Crippen LogP contribution >= 0.6 is 23.2 Å². The molecule has 0 radical (unpaired) electrons. The third-order valence-electron chi connectivity index (χ3n) is 4.20. The Morgan fingerprint density at radius 2 is 2.00 bits per heavy atom. The number of rotatable bonds is 8. The summed E-state index contributed by atoms with van der Waals surface area (Å²) in [7, 11) is 4.00. The van der Waals surface area contributed by atoms with Crippen LogP contribution in [0.15, 0.2) is 54.9 Å². The van der Waals surface area contributed by atoms with E-state index in [0.717, 1.165) is 18.7 Å². The second-order valence-electron chi connectivity index (χ2n) is 6.77. The number of benzene rings is 2. The number of hydrogen-bond donors (Lipinski definition) is 1. The maximum atomic E-state index is 12.8. The SMILES string of the molecule is CN(C)CCn1cc(NC(=O)c2ccccc2OCc2ccc(Cl)cc2Cl)cn1. The van der Waals surface area contributed by atoms with E-state index in [9.17, 15) is 4.79 Å². The molecule has 1 N–H and O–H groups in total. The summed E-state index contributed by atoms with van der Waals surface area (Å²) < 4.78 is 7.65. The van der Waals surface area contributed by atoms with Crippen LogP contribution in [-0.4, -0.2) is 41.2 Å². The Bertz CT molecular complexity index is 988. The molecule has 1 aromatic heterocycles. The van der Waals surface area contributed by atoms with Crippen LogP contribution in [0.5, 0.6) is 5.75 Å². The zero-order valence-electron chi connectivity index (χ0n) is 16.2. The van der Waals surface area contributed by atoms with E-state index in [-0.39, 0.29) is 12.5 Å². The molecule has 3 rings (SSSR count). The van der Waals surface area contributed by atoms with E-state index in [1.807, 2.05) is 20.2 Å². The first-order valence-electron chi connectivity index (χ1n) is 9.06. The molecule has 0 aliphatic carbocycles. The minimum absolute atomic E-state index is 0.225. The molecule has 29 heavy (non-hydrogen) atoms. The molecule has 2 aromatic carbocycles. The first-order valence-corrected chi connectivity index (χ1v) is 9.82. The lowest BCUT2D eigenvalue weighted by Crippen LogP contribution is -2.18. The average molecular weight is 433 g/mol. The summed E-state index contributed by atoms with van der Waals surface area (Å²) in [4.78, 5) is 14.8. The highest BCUT2D eigenvalue weighted by Crippen LogP contribution is 2.25. The number of hydrogen-bond acceptors (Lipinski definition) is 4. The molecule has 6 nitrogen and oxygen atoms in total. The number of para-hydroxylation sites is 1. The van der Waals surface area contributed by atoms with E-state index in [2.05, 4.69) is 15.3 Å². The van der Waals surface area contributed by atoms with Crippen molar-refractivity contribution in [3.63, 3.8) is 0 Å². The molecule has 152 valence electrons. The Balaban J connectivity index is 1.67. The highest BCUT2D eigenvalue weighted by molar-refractivity contribution is 6.35. The maximum absolute atomic E-state index is 12.8. The number of nitrogens with zero attached hydrogens (tertiary/aromatic N) is 3. The van der Waals surface area contributed by atoms with Gasteiger partial charge in [-0.05, 0) is 38.4 Å². The van der Waals surface area contributed by atoms with Crippen molar-refractivity contribution >= 4 is 34.8 Å². The van der Waals surface area contributed by atoms with Crippen LogP contribution < -0.4 is 10.1 Å². The average Bonchev–Trinajstić information content (AvgIpc) is 3.13. The van der Waals surface area contributed by atoms with Gasteiger partial charge < -0.3 is 15.0 Å². The molecule has 8 heteroatoms. The Kier molecular flexibility index (Phi) is 7.14. The lowest BCUT2D eigenvalue weighted by molar-refractivity contribution is 0.102. The van der Waals surface area contributed by atoms with Crippen molar-refractivity contribution in [3.8, 4) is 5.75 Å². The second-order valence-corrected chi connectivity index (χ2v) is 7.61. The summed E-state index contributed by atoms with van der Waals surface area (Å²) in [6.45, 7) is 1.83. The van der Waals surface area contributed by atoms with Gasteiger partial charge in [0.1, 0.15) is 12.4 Å². The quantitative estimate of drug-likeness (QED) is 0.565. The molecule has 1 amide bonds. The summed E-state index contributed by atoms with van der Waals surface area (Å²) in [6.07, 6.45) is 3.43. The van der Waals surface area contributed by atoms with Gasteiger partial charge in [-0.3, -0.25) is 9.48 Å². The van der Waals surface area contributed by atoms with Crippen LogP contribution in [-0.2, 0) is 13.2 Å². The highest BCUT2D eigenvalue weighted by atomic mass is 35.5. The number of likely N-dealkylation sites (N-methyl/N-ethyl adjacent to an activating group) is 1. The fourth-order valence-electron chi connectivity index (χ4n) is 2.63. The van der Waals surface area contributed by atoms with Crippen LogP contribution in [0.1, 0.15) is 15.9 Å². The number of ether oxygens (including phenoxy) is 1. The van der Waals surface area contributed by atoms with Gasteiger partial charge in [-0.15, -0.1) is 0 Å². The van der Waals surface area contributed by atoms with Gasteiger partial charge in [-0.2, -0.15) is 5.10 Å². The zero-order chi connectivity index (χ0) is 20.8.